The van der Waals surface area contributed by atoms with E-state index in [-0.39, 0.29) is 30.1 Å². The van der Waals surface area contributed by atoms with E-state index in [1.165, 1.54) is 7.11 Å². The summed E-state index contributed by atoms with van der Waals surface area (Å²) in [5.74, 6) is -0.291. The first kappa shape index (κ1) is 16.0. The van der Waals surface area contributed by atoms with Crippen LogP contribution in [0.4, 0.5) is 0 Å². The number of esters is 1. The Labute approximate surface area is 135 Å². The maximum absolute atomic E-state index is 12.8. The summed E-state index contributed by atoms with van der Waals surface area (Å²) in [6, 6.07) is 0.104. The standard InChI is InChI=1S/C16H23N3O4/c1-10-4-5-13-12(7-14(23-13)16(21)22-3)19(10)15(20)6-11-8-17-18(2)9-11/h8-10,12-14H,4-7H2,1-3H3. The Bertz CT molecular complexity index is 600. The lowest BCUT2D eigenvalue weighted by molar-refractivity contribution is -0.154. The molecule has 2 saturated heterocycles. The average molecular weight is 321 g/mol. The van der Waals surface area contributed by atoms with Crippen LogP contribution in [0.3, 0.4) is 0 Å². The number of aromatic nitrogens is 2. The van der Waals surface area contributed by atoms with E-state index >= 15 is 0 Å². The van der Waals surface area contributed by atoms with Gasteiger partial charge in [-0.2, -0.15) is 5.10 Å². The molecule has 0 N–H and O–H groups in total. The van der Waals surface area contributed by atoms with Crippen molar-refractivity contribution in [3.8, 4) is 0 Å². The molecule has 0 spiro atoms. The van der Waals surface area contributed by atoms with Crippen molar-refractivity contribution in [2.45, 2.75) is 56.9 Å². The lowest BCUT2D eigenvalue weighted by Gasteiger charge is -2.41. The van der Waals surface area contributed by atoms with Crippen LogP contribution in [0.2, 0.25) is 0 Å². The van der Waals surface area contributed by atoms with E-state index in [0.717, 1.165) is 18.4 Å². The number of piperidine rings is 1. The van der Waals surface area contributed by atoms with Crippen LogP contribution in [0.25, 0.3) is 0 Å². The lowest BCUT2D eigenvalue weighted by Crippen LogP contribution is -2.53. The zero-order chi connectivity index (χ0) is 16.6. The van der Waals surface area contributed by atoms with E-state index in [4.69, 9.17) is 9.47 Å². The lowest BCUT2D eigenvalue weighted by atomic mass is 9.92. The van der Waals surface area contributed by atoms with Gasteiger partial charge in [0.15, 0.2) is 6.10 Å². The molecular weight excluding hydrogens is 298 g/mol. The number of hydrogen-bond acceptors (Lipinski definition) is 5. The molecule has 4 unspecified atom stereocenters. The smallest absolute Gasteiger partial charge is 0.335 e. The molecule has 7 heteroatoms. The minimum Gasteiger partial charge on any atom is -0.467 e. The highest BCUT2D eigenvalue weighted by Crippen LogP contribution is 2.35. The van der Waals surface area contributed by atoms with Gasteiger partial charge in [0.25, 0.3) is 0 Å². The van der Waals surface area contributed by atoms with Gasteiger partial charge in [-0.3, -0.25) is 9.48 Å². The number of methoxy groups -OCH3 is 1. The van der Waals surface area contributed by atoms with E-state index in [2.05, 4.69) is 12.0 Å². The number of carbonyl (C=O) groups is 2. The van der Waals surface area contributed by atoms with E-state index in [9.17, 15) is 9.59 Å². The number of aryl methyl sites for hydroxylation is 1. The minimum atomic E-state index is -0.561. The summed E-state index contributed by atoms with van der Waals surface area (Å²) < 4.78 is 12.3. The Morgan fingerprint density at radius 2 is 2.22 bits per heavy atom. The normalized spacial score (nSPS) is 30.1. The fourth-order valence-corrected chi connectivity index (χ4v) is 3.70. The van der Waals surface area contributed by atoms with Crippen molar-refractivity contribution in [2.24, 2.45) is 7.05 Å². The number of nitrogens with zero attached hydrogens (tertiary/aromatic N) is 3. The first-order chi connectivity index (χ1) is 11.0. The van der Waals surface area contributed by atoms with E-state index in [0.29, 0.717) is 12.8 Å². The maximum atomic E-state index is 12.8. The van der Waals surface area contributed by atoms with Crippen molar-refractivity contribution in [3.63, 3.8) is 0 Å². The number of amides is 1. The molecule has 7 nitrogen and oxygen atoms in total. The minimum absolute atomic E-state index is 0.0491. The van der Waals surface area contributed by atoms with Crippen LogP contribution in [0.5, 0.6) is 0 Å². The van der Waals surface area contributed by atoms with Crippen LogP contribution in [0.15, 0.2) is 12.4 Å². The van der Waals surface area contributed by atoms with Gasteiger partial charge in [-0.1, -0.05) is 0 Å². The Morgan fingerprint density at radius 1 is 1.43 bits per heavy atom. The third kappa shape index (κ3) is 3.10. The number of likely N-dealkylation sites (tertiary alicyclic amines) is 1. The summed E-state index contributed by atoms with van der Waals surface area (Å²) in [5.41, 5.74) is 0.898. The molecule has 23 heavy (non-hydrogen) atoms. The maximum Gasteiger partial charge on any atom is 0.335 e. The second-order valence-electron chi connectivity index (χ2n) is 6.42. The quantitative estimate of drug-likeness (QED) is 0.765. The molecule has 0 aliphatic carbocycles. The van der Waals surface area contributed by atoms with Crippen LogP contribution >= 0.6 is 0 Å². The molecule has 1 amide bonds. The summed E-state index contributed by atoms with van der Waals surface area (Å²) in [5, 5.41) is 4.11. The largest absolute Gasteiger partial charge is 0.467 e. The van der Waals surface area contributed by atoms with Crippen molar-refractivity contribution < 1.29 is 19.1 Å². The highest BCUT2D eigenvalue weighted by molar-refractivity contribution is 5.80. The molecule has 126 valence electrons. The number of rotatable bonds is 3. The molecule has 3 rings (SSSR count). The predicted molar refractivity (Wildman–Crippen MR) is 81.5 cm³/mol. The van der Waals surface area contributed by atoms with Crippen LogP contribution in [-0.2, 0) is 32.5 Å². The van der Waals surface area contributed by atoms with Gasteiger partial charge in [0.1, 0.15) is 0 Å². The summed E-state index contributed by atoms with van der Waals surface area (Å²) in [6.07, 6.45) is 5.52. The van der Waals surface area contributed by atoms with Crippen LogP contribution < -0.4 is 0 Å². The number of hydrogen-bond donors (Lipinski definition) is 0. The van der Waals surface area contributed by atoms with Crippen molar-refractivity contribution in [1.82, 2.24) is 14.7 Å². The van der Waals surface area contributed by atoms with Gasteiger partial charge in [-0.05, 0) is 25.3 Å². The zero-order valence-electron chi connectivity index (χ0n) is 13.8. The van der Waals surface area contributed by atoms with Crippen LogP contribution in [0, 0.1) is 0 Å². The number of fused-ring (bicyclic) bond motifs is 1. The third-order valence-electron chi connectivity index (χ3n) is 4.79. The topological polar surface area (TPSA) is 73.7 Å². The highest BCUT2D eigenvalue weighted by Gasteiger charge is 2.47. The molecule has 0 aromatic carbocycles. The molecule has 2 aliphatic rings. The van der Waals surface area contributed by atoms with E-state index in [1.54, 1.807) is 10.9 Å². The first-order valence-corrected chi connectivity index (χ1v) is 8.01. The molecule has 2 fully saturated rings. The molecule has 0 radical (unpaired) electrons. The van der Waals surface area contributed by atoms with Gasteiger partial charge in [-0.15, -0.1) is 0 Å². The van der Waals surface area contributed by atoms with Crippen LogP contribution in [0.1, 0.15) is 31.7 Å². The van der Waals surface area contributed by atoms with Crippen molar-refractivity contribution in [2.75, 3.05) is 7.11 Å². The van der Waals surface area contributed by atoms with Gasteiger partial charge < -0.3 is 14.4 Å². The second kappa shape index (κ2) is 6.31. The Kier molecular flexibility index (Phi) is 4.39. The monoisotopic (exact) mass is 321 g/mol. The van der Waals surface area contributed by atoms with E-state index < -0.39 is 6.10 Å². The predicted octanol–water partition coefficient (Wildman–Crippen LogP) is 0.673. The zero-order valence-corrected chi connectivity index (χ0v) is 13.8. The number of ether oxygens (including phenoxy) is 2. The summed E-state index contributed by atoms with van der Waals surface area (Å²) in [6.45, 7) is 2.06. The van der Waals surface area contributed by atoms with Crippen molar-refractivity contribution in [3.05, 3.63) is 18.0 Å². The van der Waals surface area contributed by atoms with Gasteiger partial charge in [0, 0.05) is 25.7 Å². The molecule has 4 atom stereocenters. The molecule has 1 aromatic heterocycles. The van der Waals surface area contributed by atoms with E-state index in [1.807, 2.05) is 18.1 Å². The molecule has 1 aromatic rings. The van der Waals surface area contributed by atoms with Gasteiger partial charge >= 0.3 is 5.97 Å². The van der Waals surface area contributed by atoms with Crippen LogP contribution in [-0.4, -0.2) is 58.0 Å². The van der Waals surface area contributed by atoms with Gasteiger partial charge in [-0.25, -0.2) is 4.79 Å². The van der Waals surface area contributed by atoms with Crippen molar-refractivity contribution in [1.29, 1.82) is 0 Å². The second-order valence-corrected chi connectivity index (χ2v) is 6.42. The Morgan fingerprint density at radius 3 is 2.87 bits per heavy atom. The fraction of sp³-hybridized carbons (Fsp3) is 0.688. The van der Waals surface area contributed by atoms with Gasteiger partial charge in [0.2, 0.25) is 5.91 Å². The number of carbonyl (C=O) groups excluding carboxylic acids is 2. The molecule has 3 heterocycles. The average Bonchev–Trinajstić information content (AvgIpc) is 3.12. The molecule has 0 saturated carbocycles. The SMILES string of the molecule is COC(=O)C1CC2C(CCC(C)N2C(=O)Cc2cnn(C)c2)O1. The Hall–Kier alpha value is -1.89. The third-order valence-corrected chi connectivity index (χ3v) is 4.79. The molecule has 0 bridgehead atoms. The molecule has 2 aliphatic heterocycles. The fourth-order valence-electron chi connectivity index (χ4n) is 3.70. The summed E-state index contributed by atoms with van der Waals surface area (Å²) in [7, 11) is 3.20. The Balaban J connectivity index is 1.73. The molecular formula is C16H23N3O4. The highest BCUT2D eigenvalue weighted by atomic mass is 16.6. The summed E-state index contributed by atoms with van der Waals surface area (Å²) >= 11 is 0. The first-order valence-electron chi connectivity index (χ1n) is 8.01. The van der Waals surface area contributed by atoms with Crippen molar-refractivity contribution >= 4 is 11.9 Å². The summed E-state index contributed by atoms with van der Waals surface area (Å²) in [4.78, 5) is 26.4. The van der Waals surface area contributed by atoms with Gasteiger partial charge in [0.05, 0.1) is 31.9 Å².